The molecule has 0 rings (SSSR count). The summed E-state index contributed by atoms with van der Waals surface area (Å²) in [6, 6.07) is 0. The molecule has 0 aromatic rings. The Balaban J connectivity index is 3.71. The predicted octanol–water partition coefficient (Wildman–Crippen LogP) is 2.37. The lowest BCUT2D eigenvalue weighted by Gasteiger charge is -2.14. The standard InChI is InChI=1S/C7H13O/c1-4-7(2,3)5-6-8/h5-6H,4H2,1-3H3/b6-5+. The van der Waals surface area contributed by atoms with E-state index in [-0.39, 0.29) is 5.41 Å². The number of hydrogen-bond donors (Lipinski definition) is 0. The molecule has 0 amide bonds. The highest BCUT2D eigenvalue weighted by molar-refractivity contribution is 4.88. The second-order valence-corrected chi connectivity index (χ2v) is 2.64. The minimum Gasteiger partial charge on any atom is -0.299 e. The van der Waals surface area contributed by atoms with E-state index in [4.69, 9.17) is 0 Å². The molecule has 8 heavy (non-hydrogen) atoms. The van der Waals surface area contributed by atoms with E-state index in [0.717, 1.165) is 12.7 Å². The van der Waals surface area contributed by atoms with Gasteiger partial charge in [0, 0.05) is 0 Å². The largest absolute Gasteiger partial charge is 0.299 e. The van der Waals surface area contributed by atoms with Crippen molar-refractivity contribution in [2.75, 3.05) is 0 Å². The molecule has 0 aliphatic heterocycles. The summed E-state index contributed by atoms with van der Waals surface area (Å²) in [7, 11) is 0. The smallest absolute Gasteiger partial charge is 0.139 e. The quantitative estimate of drug-likeness (QED) is 0.490. The molecule has 0 spiro atoms. The first-order valence-electron chi connectivity index (χ1n) is 2.92. The lowest BCUT2D eigenvalue weighted by Crippen LogP contribution is -2.03. The highest BCUT2D eigenvalue weighted by Crippen LogP contribution is 2.20. The lowest BCUT2D eigenvalue weighted by molar-refractivity contribution is 0.335. The van der Waals surface area contributed by atoms with Crippen molar-refractivity contribution in [1.82, 2.24) is 0 Å². The Labute approximate surface area is 51.0 Å². The van der Waals surface area contributed by atoms with Gasteiger partial charge in [0.05, 0.1) is 0 Å². The van der Waals surface area contributed by atoms with Gasteiger partial charge in [-0.25, -0.2) is 0 Å². The summed E-state index contributed by atoms with van der Waals surface area (Å²) in [5.41, 5.74) is 0.0990. The maximum atomic E-state index is 9.92. The van der Waals surface area contributed by atoms with Crippen LogP contribution in [0, 0.1) is 5.41 Å². The van der Waals surface area contributed by atoms with Gasteiger partial charge in [-0.15, -0.1) is 0 Å². The van der Waals surface area contributed by atoms with Crippen molar-refractivity contribution in [3.05, 3.63) is 12.3 Å². The van der Waals surface area contributed by atoms with Crippen molar-refractivity contribution in [2.45, 2.75) is 27.2 Å². The number of hydrogen-bond acceptors (Lipinski definition) is 0. The molecule has 47 valence electrons. The Hall–Kier alpha value is -0.460. The Morgan fingerprint density at radius 2 is 2.00 bits per heavy atom. The van der Waals surface area contributed by atoms with Crippen LogP contribution in [0.1, 0.15) is 27.2 Å². The van der Waals surface area contributed by atoms with Gasteiger partial charge in [0.25, 0.3) is 0 Å². The fourth-order valence-electron chi connectivity index (χ4n) is 0.302. The van der Waals surface area contributed by atoms with Crippen LogP contribution in [0.3, 0.4) is 0 Å². The first-order valence-corrected chi connectivity index (χ1v) is 2.92. The molecule has 0 unspecified atom stereocenters. The van der Waals surface area contributed by atoms with Gasteiger partial charge in [0.2, 0.25) is 0 Å². The Morgan fingerprint density at radius 1 is 1.50 bits per heavy atom. The SMILES string of the molecule is CCC(C)(C)/C=C/[O]. The molecule has 0 saturated carbocycles. The van der Waals surface area contributed by atoms with Gasteiger partial charge in [-0.3, -0.25) is 5.11 Å². The van der Waals surface area contributed by atoms with E-state index in [1.807, 2.05) is 13.8 Å². The maximum absolute atomic E-state index is 9.92. The van der Waals surface area contributed by atoms with Crippen LogP contribution in [-0.2, 0) is 5.11 Å². The fraction of sp³-hybridized carbons (Fsp3) is 0.714. The van der Waals surface area contributed by atoms with Crippen LogP contribution in [0.5, 0.6) is 0 Å². The van der Waals surface area contributed by atoms with E-state index in [1.165, 1.54) is 0 Å². The van der Waals surface area contributed by atoms with Crippen molar-refractivity contribution in [1.29, 1.82) is 0 Å². The summed E-state index contributed by atoms with van der Waals surface area (Å²) >= 11 is 0. The zero-order chi connectivity index (χ0) is 6.62. The van der Waals surface area contributed by atoms with Gasteiger partial charge in [0.1, 0.15) is 6.26 Å². The average Bonchev–Trinajstić information content (AvgIpc) is 1.67. The molecule has 0 aromatic heterocycles. The van der Waals surface area contributed by atoms with Crippen molar-refractivity contribution in [3.63, 3.8) is 0 Å². The van der Waals surface area contributed by atoms with Crippen LogP contribution in [0.4, 0.5) is 0 Å². The molecule has 0 aromatic carbocycles. The van der Waals surface area contributed by atoms with Gasteiger partial charge in [-0.1, -0.05) is 20.8 Å². The first-order chi connectivity index (χ1) is 3.62. The molecule has 0 atom stereocenters. The van der Waals surface area contributed by atoms with Gasteiger partial charge in [-0.2, -0.15) is 0 Å². The van der Waals surface area contributed by atoms with E-state index in [0.29, 0.717) is 0 Å². The monoisotopic (exact) mass is 113 g/mol. The minimum absolute atomic E-state index is 0.0990. The summed E-state index contributed by atoms with van der Waals surface area (Å²) < 4.78 is 0. The molecule has 1 nitrogen and oxygen atoms in total. The maximum Gasteiger partial charge on any atom is 0.139 e. The molecular formula is C7H13O. The van der Waals surface area contributed by atoms with Crippen LogP contribution in [0.15, 0.2) is 12.3 Å². The fourth-order valence-corrected chi connectivity index (χ4v) is 0.302. The average molecular weight is 113 g/mol. The van der Waals surface area contributed by atoms with Crippen LogP contribution in [0.25, 0.3) is 0 Å². The zero-order valence-corrected chi connectivity index (χ0v) is 5.77. The summed E-state index contributed by atoms with van der Waals surface area (Å²) in [6.45, 7) is 6.16. The Bertz CT molecular complexity index is 82.4. The molecule has 0 bridgehead atoms. The topological polar surface area (TPSA) is 19.9 Å². The summed E-state index contributed by atoms with van der Waals surface area (Å²) in [6.07, 6.45) is 3.57. The lowest BCUT2D eigenvalue weighted by atomic mass is 9.91. The van der Waals surface area contributed by atoms with Gasteiger partial charge < -0.3 is 0 Å². The van der Waals surface area contributed by atoms with E-state index < -0.39 is 0 Å². The van der Waals surface area contributed by atoms with Crippen molar-refractivity contribution in [2.24, 2.45) is 5.41 Å². The second kappa shape index (κ2) is 2.75. The van der Waals surface area contributed by atoms with Crippen molar-refractivity contribution >= 4 is 0 Å². The summed E-state index contributed by atoms with van der Waals surface area (Å²) in [5, 5.41) is 9.92. The third-order valence-corrected chi connectivity index (χ3v) is 1.43. The molecular weight excluding hydrogens is 100 g/mol. The molecule has 1 radical (unpaired) electrons. The Kier molecular flexibility index (Phi) is 2.59. The molecule has 0 aliphatic rings. The molecule has 0 fully saturated rings. The van der Waals surface area contributed by atoms with Gasteiger partial charge >= 0.3 is 0 Å². The minimum atomic E-state index is 0.0990. The van der Waals surface area contributed by atoms with Gasteiger partial charge in [0.15, 0.2) is 0 Å². The van der Waals surface area contributed by atoms with E-state index in [9.17, 15) is 5.11 Å². The van der Waals surface area contributed by atoms with E-state index in [2.05, 4.69) is 6.92 Å². The van der Waals surface area contributed by atoms with Crippen molar-refractivity contribution in [3.8, 4) is 0 Å². The van der Waals surface area contributed by atoms with Crippen LogP contribution in [0.2, 0.25) is 0 Å². The summed E-state index contributed by atoms with van der Waals surface area (Å²) in [5.74, 6) is 0. The predicted molar refractivity (Wildman–Crippen MR) is 33.9 cm³/mol. The number of allylic oxidation sites excluding steroid dienone is 1. The van der Waals surface area contributed by atoms with E-state index in [1.54, 1.807) is 6.08 Å². The Morgan fingerprint density at radius 3 is 2.12 bits per heavy atom. The third kappa shape index (κ3) is 2.67. The van der Waals surface area contributed by atoms with E-state index >= 15 is 0 Å². The van der Waals surface area contributed by atoms with Crippen molar-refractivity contribution < 1.29 is 5.11 Å². The second-order valence-electron chi connectivity index (χ2n) is 2.64. The number of rotatable bonds is 2. The summed E-state index contributed by atoms with van der Waals surface area (Å²) in [4.78, 5) is 0. The van der Waals surface area contributed by atoms with Gasteiger partial charge in [-0.05, 0) is 17.9 Å². The highest BCUT2D eigenvalue weighted by Gasteiger charge is 2.08. The molecule has 0 aliphatic carbocycles. The molecule has 0 saturated heterocycles. The first kappa shape index (κ1) is 7.54. The molecule has 0 N–H and O–H groups in total. The highest BCUT2D eigenvalue weighted by atomic mass is 16.2. The van der Waals surface area contributed by atoms with Crippen LogP contribution >= 0.6 is 0 Å². The van der Waals surface area contributed by atoms with Crippen LogP contribution < -0.4 is 0 Å². The van der Waals surface area contributed by atoms with Crippen LogP contribution in [-0.4, -0.2) is 0 Å². The molecule has 0 heterocycles. The normalized spacial score (nSPS) is 12.9. The molecule has 1 heteroatoms. The zero-order valence-electron chi connectivity index (χ0n) is 5.77. The third-order valence-electron chi connectivity index (χ3n) is 1.43.